The minimum absolute atomic E-state index is 0.0159. The molecule has 0 saturated carbocycles. The molecule has 2 aromatic rings. The first-order chi connectivity index (χ1) is 13.3. The molecule has 6 nitrogen and oxygen atoms in total. The molecular weight excluding hydrogens is 378 g/mol. The fraction of sp³-hybridized carbons (Fsp3) is 0.238. The number of phenolic OH excluding ortho intramolecular Hbond substituents is 2. The molecule has 0 radical (unpaired) electrons. The molecule has 2 rings (SSSR count). The van der Waals surface area contributed by atoms with E-state index in [-0.39, 0.29) is 34.7 Å². The van der Waals surface area contributed by atoms with Gasteiger partial charge >= 0.3 is 0 Å². The van der Waals surface area contributed by atoms with Crippen LogP contribution in [0.1, 0.15) is 29.2 Å². The Kier molecular flexibility index (Phi) is 7.52. The Morgan fingerprint density at radius 3 is 2.36 bits per heavy atom. The van der Waals surface area contributed by atoms with Crippen LogP contribution in [0.15, 0.2) is 42.5 Å². The number of hydrogen-bond acceptors (Lipinski definition) is 7. The Bertz CT molecular complexity index is 894. The first-order valence-corrected chi connectivity index (χ1v) is 9.05. The van der Waals surface area contributed by atoms with E-state index >= 15 is 0 Å². The number of ketones is 1. The van der Waals surface area contributed by atoms with Gasteiger partial charge in [-0.3, -0.25) is 4.79 Å². The molecule has 0 bridgehead atoms. The molecule has 3 N–H and O–H groups in total. The fourth-order valence-electron chi connectivity index (χ4n) is 2.58. The molecule has 1 unspecified atom stereocenters. The zero-order chi connectivity index (χ0) is 20.7. The maximum atomic E-state index is 12.1. The summed E-state index contributed by atoms with van der Waals surface area (Å²) in [4.78, 5) is 12.1. The largest absolute Gasteiger partial charge is 0.504 e. The van der Waals surface area contributed by atoms with E-state index in [1.165, 1.54) is 32.4 Å². The summed E-state index contributed by atoms with van der Waals surface area (Å²) in [5.74, 6) is 0.517. The van der Waals surface area contributed by atoms with Crippen LogP contribution in [0.2, 0.25) is 0 Å². The van der Waals surface area contributed by atoms with Crippen molar-refractivity contribution in [3.63, 3.8) is 0 Å². The number of rotatable bonds is 9. The minimum atomic E-state index is -0.292. The number of methoxy groups -OCH3 is 2. The molecule has 0 spiro atoms. The molecule has 2 aromatic carbocycles. The van der Waals surface area contributed by atoms with Gasteiger partial charge in [0, 0.05) is 23.8 Å². The zero-order valence-corrected chi connectivity index (χ0v) is 16.6. The van der Waals surface area contributed by atoms with Gasteiger partial charge in [0.1, 0.15) is 0 Å². The quantitative estimate of drug-likeness (QED) is 0.287. The molecule has 7 heteroatoms. The number of hydrogen-bond donors (Lipinski definition) is 4. The van der Waals surface area contributed by atoms with Crippen LogP contribution in [0.3, 0.4) is 0 Å². The van der Waals surface area contributed by atoms with Crippen molar-refractivity contribution < 1.29 is 24.5 Å². The van der Waals surface area contributed by atoms with Crippen LogP contribution >= 0.6 is 12.6 Å². The monoisotopic (exact) mass is 401 g/mol. The van der Waals surface area contributed by atoms with Gasteiger partial charge in [0.15, 0.2) is 28.8 Å². The van der Waals surface area contributed by atoms with Gasteiger partial charge in [0.2, 0.25) is 0 Å². The number of phenols is 2. The van der Waals surface area contributed by atoms with Gasteiger partial charge in [-0.15, -0.1) is 0 Å². The molecule has 28 heavy (non-hydrogen) atoms. The van der Waals surface area contributed by atoms with E-state index in [4.69, 9.17) is 14.9 Å². The summed E-state index contributed by atoms with van der Waals surface area (Å²) in [5.41, 5.74) is 1.75. The first kappa shape index (κ1) is 21.4. The molecule has 0 saturated heterocycles. The summed E-state index contributed by atoms with van der Waals surface area (Å²) >= 11 is 4.50. The number of ether oxygens (including phenoxy) is 2. The lowest BCUT2D eigenvalue weighted by Gasteiger charge is -2.13. The molecule has 0 aliphatic carbocycles. The normalized spacial score (nSPS) is 12.0. The van der Waals surface area contributed by atoms with Crippen molar-refractivity contribution in [1.82, 2.24) is 0 Å². The highest BCUT2D eigenvalue weighted by atomic mass is 32.1. The van der Waals surface area contributed by atoms with Crippen molar-refractivity contribution in [3.8, 4) is 23.0 Å². The standard InChI is InChI=1S/C21H23NO5S/c1-26-19-9-13(4-7-17(19)24)3-6-16(23)11-15(22)12-21(28)14-5-8-18(25)20(10-14)27-2/h3-10,21-22,24-25,28H,11-12H2,1-2H3/b6-3+,22-15?. The SMILES string of the molecule is COc1cc(/C=C/C(=O)CC(=N)CC(S)c2ccc(O)c(OC)c2)ccc1O. The minimum Gasteiger partial charge on any atom is -0.504 e. The van der Waals surface area contributed by atoms with E-state index in [1.54, 1.807) is 30.3 Å². The molecule has 0 amide bonds. The lowest BCUT2D eigenvalue weighted by molar-refractivity contribution is -0.113. The maximum absolute atomic E-state index is 12.1. The highest BCUT2D eigenvalue weighted by molar-refractivity contribution is 7.80. The van der Waals surface area contributed by atoms with Crippen molar-refractivity contribution in [2.24, 2.45) is 0 Å². The topological polar surface area (TPSA) is 99.8 Å². The molecule has 0 aliphatic rings. The molecule has 1 atom stereocenters. The van der Waals surface area contributed by atoms with Gasteiger partial charge in [-0.25, -0.2) is 0 Å². The van der Waals surface area contributed by atoms with Crippen molar-refractivity contribution in [3.05, 3.63) is 53.6 Å². The average Bonchev–Trinajstić information content (AvgIpc) is 2.67. The number of benzene rings is 2. The van der Waals surface area contributed by atoms with Crippen LogP contribution in [0.5, 0.6) is 23.0 Å². The Hall–Kier alpha value is -2.93. The zero-order valence-electron chi connectivity index (χ0n) is 15.7. The van der Waals surface area contributed by atoms with Crippen molar-refractivity contribution in [1.29, 1.82) is 5.41 Å². The van der Waals surface area contributed by atoms with E-state index in [2.05, 4.69) is 12.6 Å². The second-order valence-corrected chi connectivity index (χ2v) is 6.79. The Morgan fingerprint density at radius 1 is 1.11 bits per heavy atom. The number of carbonyl (C=O) groups excluding carboxylic acids is 1. The maximum Gasteiger partial charge on any atom is 0.161 e. The molecule has 0 aliphatic heterocycles. The van der Waals surface area contributed by atoms with Crippen LogP contribution in [-0.4, -0.2) is 35.9 Å². The molecular formula is C21H23NO5S. The summed E-state index contributed by atoms with van der Waals surface area (Å²) in [6, 6.07) is 9.66. The summed E-state index contributed by atoms with van der Waals surface area (Å²) in [6.45, 7) is 0. The molecule has 148 valence electrons. The van der Waals surface area contributed by atoms with Crippen LogP contribution in [-0.2, 0) is 4.79 Å². The van der Waals surface area contributed by atoms with Crippen LogP contribution in [0.25, 0.3) is 6.08 Å². The van der Waals surface area contributed by atoms with E-state index in [1.807, 2.05) is 0 Å². The number of nitrogens with one attached hydrogen (secondary N) is 1. The second kappa shape index (κ2) is 9.85. The van der Waals surface area contributed by atoms with Crippen LogP contribution in [0, 0.1) is 5.41 Å². The summed E-state index contributed by atoms with van der Waals surface area (Å²) in [7, 11) is 2.91. The lowest BCUT2D eigenvalue weighted by atomic mass is 10.0. The van der Waals surface area contributed by atoms with Crippen molar-refractivity contribution in [2.45, 2.75) is 18.1 Å². The second-order valence-electron chi connectivity index (χ2n) is 6.16. The van der Waals surface area contributed by atoms with Crippen molar-refractivity contribution in [2.75, 3.05) is 14.2 Å². The van der Waals surface area contributed by atoms with E-state index in [0.717, 1.165) is 5.56 Å². The summed E-state index contributed by atoms with van der Waals surface area (Å²) in [6.07, 6.45) is 3.29. The number of thiol groups is 1. The molecule has 0 fully saturated rings. The number of carbonyl (C=O) groups is 1. The Morgan fingerprint density at radius 2 is 1.71 bits per heavy atom. The van der Waals surface area contributed by atoms with Crippen LogP contribution in [0.4, 0.5) is 0 Å². The summed E-state index contributed by atoms with van der Waals surface area (Å²) < 4.78 is 10.1. The predicted octanol–water partition coefficient (Wildman–Crippen LogP) is 4.17. The van der Waals surface area contributed by atoms with Gasteiger partial charge in [0.05, 0.1) is 14.2 Å². The van der Waals surface area contributed by atoms with Crippen LogP contribution < -0.4 is 9.47 Å². The first-order valence-electron chi connectivity index (χ1n) is 8.53. The number of allylic oxidation sites excluding steroid dienone is 1. The average molecular weight is 401 g/mol. The van der Waals surface area contributed by atoms with Gasteiger partial charge in [-0.2, -0.15) is 12.6 Å². The van der Waals surface area contributed by atoms with Gasteiger partial charge in [-0.1, -0.05) is 18.2 Å². The van der Waals surface area contributed by atoms with Crippen molar-refractivity contribution >= 4 is 30.2 Å². The van der Waals surface area contributed by atoms with E-state index in [0.29, 0.717) is 23.5 Å². The third-order valence-electron chi connectivity index (χ3n) is 4.08. The molecule has 0 heterocycles. The number of aromatic hydroxyl groups is 2. The predicted molar refractivity (Wildman–Crippen MR) is 112 cm³/mol. The van der Waals surface area contributed by atoms with Gasteiger partial charge in [0.25, 0.3) is 0 Å². The Labute approximate surface area is 169 Å². The third kappa shape index (κ3) is 5.79. The van der Waals surface area contributed by atoms with E-state index in [9.17, 15) is 15.0 Å². The lowest BCUT2D eigenvalue weighted by Crippen LogP contribution is -2.07. The van der Waals surface area contributed by atoms with E-state index < -0.39 is 0 Å². The smallest absolute Gasteiger partial charge is 0.161 e. The summed E-state index contributed by atoms with van der Waals surface area (Å²) in [5, 5.41) is 27.0. The highest BCUT2D eigenvalue weighted by Gasteiger charge is 2.14. The fourth-order valence-corrected chi connectivity index (χ4v) is 2.96. The van der Waals surface area contributed by atoms with Gasteiger partial charge < -0.3 is 25.1 Å². The highest BCUT2D eigenvalue weighted by Crippen LogP contribution is 2.33. The third-order valence-corrected chi connectivity index (χ3v) is 4.56. The Balaban J connectivity index is 1.94. The molecule has 0 aromatic heterocycles. The van der Waals surface area contributed by atoms with Gasteiger partial charge in [-0.05, 0) is 41.5 Å².